The van der Waals surface area contributed by atoms with Crippen LogP contribution in [0.15, 0.2) is 48.5 Å². The molecule has 0 unspecified atom stereocenters. The van der Waals surface area contributed by atoms with Crippen molar-refractivity contribution in [1.29, 1.82) is 0 Å². The Hall–Kier alpha value is -1.63. The monoisotopic (exact) mass is 185 g/mol. The Morgan fingerprint density at radius 1 is 1.14 bits per heavy atom. The van der Waals surface area contributed by atoms with E-state index in [1.165, 1.54) is 0 Å². The van der Waals surface area contributed by atoms with Crippen molar-refractivity contribution >= 4 is 12.3 Å². The molecule has 0 amide bonds. The molecule has 14 heavy (non-hydrogen) atoms. The highest BCUT2D eigenvalue weighted by molar-refractivity contribution is 5.85. The van der Waals surface area contributed by atoms with Crippen LogP contribution in [0, 0.1) is 0 Å². The number of aliphatic imine (C=N–C) groups is 1. The van der Waals surface area contributed by atoms with Gasteiger partial charge in [0.15, 0.2) is 0 Å². The van der Waals surface area contributed by atoms with Crippen molar-refractivity contribution in [2.75, 3.05) is 6.54 Å². The van der Waals surface area contributed by atoms with Gasteiger partial charge in [0.25, 0.3) is 0 Å². The molecule has 0 atom stereocenters. The molecule has 0 bridgehead atoms. The van der Waals surface area contributed by atoms with Crippen molar-refractivity contribution in [3.05, 3.63) is 54.6 Å². The summed E-state index contributed by atoms with van der Waals surface area (Å²) in [7, 11) is 0. The van der Waals surface area contributed by atoms with Gasteiger partial charge in [-0.05, 0) is 17.5 Å². The van der Waals surface area contributed by atoms with Gasteiger partial charge in [0.2, 0.25) is 0 Å². The van der Waals surface area contributed by atoms with Crippen molar-refractivity contribution in [3.8, 4) is 0 Å². The fourth-order valence-corrected chi connectivity index (χ4v) is 1.14. The van der Waals surface area contributed by atoms with Crippen LogP contribution in [0.3, 0.4) is 0 Å². The highest BCUT2D eigenvalue weighted by Gasteiger charge is 1.92. The van der Waals surface area contributed by atoms with E-state index in [2.05, 4.69) is 18.2 Å². The van der Waals surface area contributed by atoms with Crippen molar-refractivity contribution < 1.29 is 0 Å². The normalized spacial score (nSPS) is 10.3. The minimum absolute atomic E-state index is 0.801. The number of rotatable bonds is 5. The molecule has 0 aliphatic heterocycles. The lowest BCUT2D eigenvalue weighted by Gasteiger charge is -1.98. The van der Waals surface area contributed by atoms with Gasteiger partial charge in [-0.15, -0.1) is 6.58 Å². The van der Waals surface area contributed by atoms with Gasteiger partial charge in [-0.25, -0.2) is 0 Å². The second-order valence-corrected chi connectivity index (χ2v) is 2.95. The molecule has 0 radical (unpaired) electrons. The Bertz CT molecular complexity index is 337. The molecule has 1 aromatic rings. The molecular weight excluding hydrogens is 170 g/mol. The van der Waals surface area contributed by atoms with E-state index in [0.29, 0.717) is 0 Å². The van der Waals surface area contributed by atoms with Gasteiger partial charge >= 0.3 is 0 Å². The van der Waals surface area contributed by atoms with Gasteiger partial charge in [0, 0.05) is 12.8 Å². The van der Waals surface area contributed by atoms with Crippen molar-refractivity contribution in [1.82, 2.24) is 0 Å². The summed E-state index contributed by atoms with van der Waals surface area (Å²) in [5.74, 6) is 0. The largest absolute Gasteiger partial charge is 0.292 e. The lowest BCUT2D eigenvalue weighted by atomic mass is 10.1. The Morgan fingerprint density at radius 3 is 2.50 bits per heavy atom. The molecule has 1 aromatic carbocycles. The minimum Gasteiger partial charge on any atom is -0.292 e. The first-order valence-corrected chi connectivity index (χ1v) is 4.70. The van der Waals surface area contributed by atoms with Crippen LogP contribution >= 0.6 is 0 Å². The molecule has 0 saturated carbocycles. The minimum atomic E-state index is 0.801. The summed E-state index contributed by atoms with van der Waals surface area (Å²) >= 11 is 0. The summed E-state index contributed by atoms with van der Waals surface area (Å²) in [6, 6.07) is 8.07. The van der Waals surface area contributed by atoms with E-state index in [1.54, 1.807) is 0 Å². The van der Waals surface area contributed by atoms with Crippen molar-refractivity contribution in [3.63, 3.8) is 0 Å². The zero-order valence-electron chi connectivity index (χ0n) is 8.32. The van der Waals surface area contributed by atoms with Crippen LogP contribution < -0.4 is 0 Å². The zero-order chi connectivity index (χ0) is 10.2. The third kappa shape index (κ3) is 3.02. The quantitative estimate of drug-likeness (QED) is 0.379. The third-order valence-corrected chi connectivity index (χ3v) is 1.91. The second-order valence-electron chi connectivity index (χ2n) is 2.95. The SMILES string of the molecule is C=CCC/N=C/c1ccccc1C=C. The lowest BCUT2D eigenvalue weighted by Crippen LogP contribution is -1.87. The topological polar surface area (TPSA) is 12.4 Å². The summed E-state index contributed by atoms with van der Waals surface area (Å²) in [4.78, 5) is 4.30. The van der Waals surface area contributed by atoms with Crippen molar-refractivity contribution in [2.24, 2.45) is 4.99 Å². The van der Waals surface area contributed by atoms with Gasteiger partial charge in [0.1, 0.15) is 0 Å². The molecule has 0 aliphatic rings. The standard InChI is InChI=1S/C13H15N/c1-3-5-10-14-11-13-9-7-6-8-12(13)4-2/h3-4,6-9,11H,1-2,5,10H2/b14-11+. The molecule has 1 nitrogen and oxygen atoms in total. The average Bonchev–Trinajstić information content (AvgIpc) is 2.25. The maximum atomic E-state index is 4.30. The van der Waals surface area contributed by atoms with Gasteiger partial charge in [-0.1, -0.05) is 43.0 Å². The first-order chi connectivity index (χ1) is 6.88. The second kappa shape index (κ2) is 5.92. The predicted octanol–water partition coefficient (Wildman–Crippen LogP) is 3.32. The number of benzene rings is 1. The van der Waals surface area contributed by atoms with E-state index in [9.17, 15) is 0 Å². The Labute approximate surface area is 85.5 Å². The highest BCUT2D eigenvalue weighted by atomic mass is 14.7. The van der Waals surface area contributed by atoms with Crippen molar-refractivity contribution in [2.45, 2.75) is 6.42 Å². The number of hydrogen-bond acceptors (Lipinski definition) is 1. The van der Waals surface area contributed by atoms with Gasteiger partial charge < -0.3 is 0 Å². The average molecular weight is 185 g/mol. The summed E-state index contributed by atoms with van der Waals surface area (Å²) in [6.45, 7) is 8.21. The Morgan fingerprint density at radius 2 is 1.86 bits per heavy atom. The van der Waals surface area contributed by atoms with Gasteiger partial charge in [-0.3, -0.25) is 4.99 Å². The Balaban J connectivity index is 2.69. The maximum Gasteiger partial charge on any atom is 0.0423 e. The Kier molecular flexibility index (Phi) is 4.42. The fourth-order valence-electron chi connectivity index (χ4n) is 1.14. The first-order valence-electron chi connectivity index (χ1n) is 4.70. The smallest absolute Gasteiger partial charge is 0.0423 e. The zero-order valence-corrected chi connectivity index (χ0v) is 8.32. The molecule has 0 aliphatic carbocycles. The van der Waals surface area contributed by atoms with Gasteiger partial charge in [-0.2, -0.15) is 0 Å². The first kappa shape index (κ1) is 10.5. The van der Waals surface area contributed by atoms with E-state index in [4.69, 9.17) is 0 Å². The van der Waals surface area contributed by atoms with E-state index in [1.807, 2.05) is 42.6 Å². The predicted molar refractivity (Wildman–Crippen MR) is 63.8 cm³/mol. The molecule has 0 spiro atoms. The van der Waals surface area contributed by atoms with E-state index in [0.717, 1.165) is 24.1 Å². The number of nitrogens with zero attached hydrogens (tertiary/aromatic N) is 1. The molecule has 1 heteroatoms. The maximum absolute atomic E-state index is 4.30. The molecular formula is C13H15N. The molecule has 0 heterocycles. The molecule has 0 fully saturated rings. The van der Waals surface area contributed by atoms with E-state index in [-0.39, 0.29) is 0 Å². The van der Waals surface area contributed by atoms with Crippen LogP contribution in [0.4, 0.5) is 0 Å². The molecule has 0 saturated heterocycles. The van der Waals surface area contributed by atoms with Crippen LogP contribution in [0.5, 0.6) is 0 Å². The summed E-state index contributed by atoms with van der Waals surface area (Å²) < 4.78 is 0. The van der Waals surface area contributed by atoms with Crippen LogP contribution in [-0.2, 0) is 0 Å². The van der Waals surface area contributed by atoms with Crippen LogP contribution in [-0.4, -0.2) is 12.8 Å². The van der Waals surface area contributed by atoms with Crippen LogP contribution in [0.1, 0.15) is 17.5 Å². The highest BCUT2D eigenvalue weighted by Crippen LogP contribution is 2.07. The molecule has 72 valence electrons. The fraction of sp³-hybridized carbons (Fsp3) is 0.154. The third-order valence-electron chi connectivity index (χ3n) is 1.91. The molecule has 0 N–H and O–H groups in total. The van der Waals surface area contributed by atoms with Crippen LogP contribution in [0.25, 0.3) is 6.08 Å². The van der Waals surface area contributed by atoms with E-state index < -0.39 is 0 Å². The number of hydrogen-bond donors (Lipinski definition) is 0. The summed E-state index contributed by atoms with van der Waals surface area (Å²) in [5, 5.41) is 0. The summed E-state index contributed by atoms with van der Waals surface area (Å²) in [5.41, 5.74) is 2.24. The van der Waals surface area contributed by atoms with Crippen LogP contribution in [0.2, 0.25) is 0 Å². The molecule has 1 rings (SSSR count). The lowest BCUT2D eigenvalue weighted by molar-refractivity contribution is 1.02. The molecule has 0 aromatic heterocycles. The summed E-state index contributed by atoms with van der Waals surface area (Å²) in [6.07, 6.45) is 6.53. The van der Waals surface area contributed by atoms with Gasteiger partial charge in [0.05, 0.1) is 0 Å². The van der Waals surface area contributed by atoms with E-state index >= 15 is 0 Å².